The summed E-state index contributed by atoms with van der Waals surface area (Å²) >= 11 is 0. The minimum absolute atomic E-state index is 0.187. The Morgan fingerprint density at radius 3 is 2.00 bits per heavy atom. The predicted octanol–water partition coefficient (Wildman–Crippen LogP) is 1.13. The van der Waals surface area contributed by atoms with Crippen LogP contribution in [0.2, 0.25) is 0 Å². The molecule has 0 saturated carbocycles. The van der Waals surface area contributed by atoms with Gasteiger partial charge in [-0.2, -0.15) is 0 Å². The van der Waals surface area contributed by atoms with E-state index < -0.39 is 7.82 Å². The van der Waals surface area contributed by atoms with Gasteiger partial charge in [0, 0.05) is 14.2 Å². The van der Waals surface area contributed by atoms with Crippen LogP contribution in [-0.4, -0.2) is 66.2 Å². The topological polar surface area (TPSA) is 54.0 Å². The maximum atomic E-state index is 11.8. The van der Waals surface area contributed by atoms with Crippen LogP contribution in [-0.2, 0) is 22.9 Å². The van der Waals surface area contributed by atoms with Crippen LogP contribution in [0.1, 0.15) is 0 Å². The van der Waals surface area contributed by atoms with Gasteiger partial charge < -0.3 is 9.22 Å². The molecule has 0 aromatic heterocycles. The van der Waals surface area contributed by atoms with Crippen molar-refractivity contribution < 1.29 is 27.4 Å². The van der Waals surface area contributed by atoms with Crippen LogP contribution in [0.5, 0.6) is 0 Å². The van der Waals surface area contributed by atoms with Gasteiger partial charge in [0.1, 0.15) is 13.2 Å². The molecule has 0 aliphatic carbocycles. The molecule has 0 aliphatic rings. The highest BCUT2D eigenvalue weighted by atomic mass is 31.2. The molecule has 0 rings (SSSR count). The zero-order valence-corrected chi connectivity index (χ0v) is 11.7. The van der Waals surface area contributed by atoms with Crippen molar-refractivity contribution in [3.63, 3.8) is 0 Å². The maximum Gasteiger partial charge on any atom is 0.474 e. The lowest BCUT2D eigenvalue weighted by molar-refractivity contribution is -0.870. The summed E-state index contributed by atoms with van der Waals surface area (Å²) in [7, 11) is 5.50. The molecule has 98 valence electrons. The van der Waals surface area contributed by atoms with Crippen molar-refractivity contribution in [2.45, 2.75) is 0 Å². The van der Waals surface area contributed by atoms with Gasteiger partial charge in [0.15, 0.2) is 0 Å². The molecular weight excluding hydrogens is 233 g/mol. The molecule has 0 fully saturated rings. The van der Waals surface area contributed by atoms with Crippen molar-refractivity contribution in [1.29, 1.82) is 0 Å². The van der Waals surface area contributed by atoms with E-state index in [9.17, 15) is 4.57 Å². The van der Waals surface area contributed by atoms with Gasteiger partial charge in [-0.1, -0.05) is 0 Å². The SMILES string of the molecule is COCCOP(=O)(OC)OCC[N+](C)(C)C. The highest BCUT2D eigenvalue weighted by Gasteiger charge is 2.25. The smallest absolute Gasteiger partial charge is 0.382 e. The largest absolute Gasteiger partial charge is 0.474 e. The fraction of sp³-hybridized carbons (Fsp3) is 1.00. The van der Waals surface area contributed by atoms with Gasteiger partial charge in [-0.15, -0.1) is 0 Å². The number of methoxy groups -OCH3 is 1. The van der Waals surface area contributed by atoms with E-state index in [0.717, 1.165) is 11.0 Å². The third kappa shape index (κ3) is 8.21. The van der Waals surface area contributed by atoms with Crippen LogP contribution in [0.3, 0.4) is 0 Å². The summed E-state index contributed by atoms with van der Waals surface area (Å²) in [5.74, 6) is 0. The van der Waals surface area contributed by atoms with Crippen LogP contribution in [0.25, 0.3) is 0 Å². The molecule has 16 heavy (non-hydrogen) atoms. The summed E-state index contributed by atoms with van der Waals surface area (Å²) < 4.78 is 32.2. The fourth-order valence-electron chi connectivity index (χ4n) is 0.802. The molecule has 0 bridgehead atoms. The Morgan fingerprint density at radius 2 is 1.56 bits per heavy atom. The van der Waals surface area contributed by atoms with Crippen molar-refractivity contribution >= 4 is 7.82 Å². The minimum atomic E-state index is -3.41. The average Bonchev–Trinajstić information content (AvgIpc) is 2.16. The molecule has 0 N–H and O–H groups in total. The Kier molecular flexibility index (Phi) is 7.39. The molecule has 0 aromatic carbocycles. The van der Waals surface area contributed by atoms with Gasteiger partial charge >= 0.3 is 7.82 Å². The number of ether oxygens (including phenoxy) is 1. The zero-order chi connectivity index (χ0) is 12.7. The first-order valence-electron chi connectivity index (χ1n) is 5.07. The first-order chi connectivity index (χ1) is 7.33. The van der Waals surface area contributed by atoms with E-state index in [-0.39, 0.29) is 6.61 Å². The van der Waals surface area contributed by atoms with Crippen LogP contribution >= 0.6 is 7.82 Å². The molecule has 6 nitrogen and oxygen atoms in total. The second kappa shape index (κ2) is 7.37. The Hall–Kier alpha value is 0.0300. The average molecular weight is 256 g/mol. The molecule has 7 heteroatoms. The highest BCUT2D eigenvalue weighted by Crippen LogP contribution is 2.48. The van der Waals surface area contributed by atoms with E-state index in [4.69, 9.17) is 18.3 Å². The summed E-state index contributed by atoms with van der Waals surface area (Å²) in [5.41, 5.74) is 0. The quantitative estimate of drug-likeness (QED) is 0.351. The first-order valence-corrected chi connectivity index (χ1v) is 6.53. The van der Waals surface area contributed by atoms with Gasteiger partial charge in [-0.05, 0) is 0 Å². The van der Waals surface area contributed by atoms with Crippen LogP contribution in [0.4, 0.5) is 0 Å². The number of hydrogen-bond acceptors (Lipinski definition) is 5. The lowest BCUT2D eigenvalue weighted by Crippen LogP contribution is -2.37. The molecule has 0 aromatic rings. The Bertz CT molecular complexity index is 228. The molecule has 0 spiro atoms. The predicted molar refractivity (Wildman–Crippen MR) is 61.3 cm³/mol. The third-order valence-electron chi connectivity index (χ3n) is 1.77. The summed E-state index contributed by atoms with van der Waals surface area (Å²) in [6.45, 7) is 1.58. The van der Waals surface area contributed by atoms with Gasteiger partial charge in [0.2, 0.25) is 0 Å². The maximum absolute atomic E-state index is 11.8. The van der Waals surface area contributed by atoms with Gasteiger partial charge in [0.25, 0.3) is 0 Å². The molecule has 0 radical (unpaired) electrons. The second-order valence-corrected chi connectivity index (χ2v) is 6.08. The Labute approximate surface area is 97.6 Å². The van der Waals surface area contributed by atoms with Crippen LogP contribution < -0.4 is 0 Å². The van der Waals surface area contributed by atoms with Crippen LogP contribution in [0.15, 0.2) is 0 Å². The van der Waals surface area contributed by atoms with Crippen LogP contribution in [0, 0.1) is 0 Å². The first kappa shape index (κ1) is 16.0. The molecule has 1 unspecified atom stereocenters. The fourth-order valence-corrected chi connectivity index (χ4v) is 1.69. The molecule has 0 aliphatic heterocycles. The van der Waals surface area contributed by atoms with Gasteiger partial charge in [0.05, 0.1) is 34.4 Å². The van der Waals surface area contributed by atoms with E-state index in [1.807, 2.05) is 21.1 Å². The van der Waals surface area contributed by atoms with Crippen molar-refractivity contribution in [2.75, 3.05) is 61.7 Å². The molecular formula is C9H23NO5P+. The highest BCUT2D eigenvalue weighted by molar-refractivity contribution is 7.48. The summed E-state index contributed by atoms with van der Waals surface area (Å²) in [4.78, 5) is 0. The number of likely N-dealkylation sites (N-methyl/N-ethyl adjacent to an activating group) is 1. The van der Waals surface area contributed by atoms with Crippen molar-refractivity contribution in [1.82, 2.24) is 0 Å². The van der Waals surface area contributed by atoms with E-state index in [0.29, 0.717) is 13.2 Å². The monoisotopic (exact) mass is 256 g/mol. The number of hydrogen-bond donors (Lipinski definition) is 0. The van der Waals surface area contributed by atoms with E-state index >= 15 is 0 Å². The van der Waals surface area contributed by atoms with E-state index in [2.05, 4.69) is 0 Å². The van der Waals surface area contributed by atoms with Crippen molar-refractivity contribution in [2.24, 2.45) is 0 Å². The summed E-state index contributed by atoms with van der Waals surface area (Å²) in [5, 5.41) is 0. The zero-order valence-electron chi connectivity index (χ0n) is 10.8. The normalized spacial score (nSPS) is 16.1. The number of quaternary nitrogens is 1. The summed E-state index contributed by atoms with van der Waals surface area (Å²) in [6, 6.07) is 0. The Balaban J connectivity index is 3.92. The standard InChI is InChI=1S/C9H23NO5P/c1-10(2,3)6-7-14-16(11,13-5)15-9-8-12-4/h6-9H2,1-5H3/q+1. The third-order valence-corrected chi connectivity index (χ3v) is 3.22. The van der Waals surface area contributed by atoms with E-state index in [1.54, 1.807) is 7.11 Å². The molecule has 0 saturated heterocycles. The molecule has 0 heterocycles. The number of rotatable bonds is 9. The lowest BCUT2D eigenvalue weighted by Gasteiger charge is -2.24. The van der Waals surface area contributed by atoms with E-state index in [1.165, 1.54) is 7.11 Å². The molecule has 1 atom stereocenters. The molecule has 0 amide bonds. The summed E-state index contributed by atoms with van der Waals surface area (Å²) in [6.07, 6.45) is 0. The van der Waals surface area contributed by atoms with Gasteiger partial charge in [-0.25, -0.2) is 4.57 Å². The second-order valence-electron chi connectivity index (χ2n) is 4.30. The number of phosphoric acid groups is 1. The van der Waals surface area contributed by atoms with Crippen molar-refractivity contribution in [3.05, 3.63) is 0 Å². The number of phosphoric ester groups is 1. The lowest BCUT2D eigenvalue weighted by atomic mass is 10.5. The minimum Gasteiger partial charge on any atom is -0.382 e. The Morgan fingerprint density at radius 1 is 1.00 bits per heavy atom. The number of nitrogens with zero attached hydrogens (tertiary/aromatic N) is 1. The van der Waals surface area contributed by atoms with Crippen molar-refractivity contribution in [3.8, 4) is 0 Å². The van der Waals surface area contributed by atoms with Gasteiger partial charge in [-0.3, -0.25) is 13.6 Å².